The van der Waals surface area contributed by atoms with Crippen molar-refractivity contribution in [3.8, 4) is 0 Å². The highest BCUT2D eigenvalue weighted by Gasteiger charge is 2.16. The number of anilines is 1. The van der Waals surface area contributed by atoms with Crippen LogP contribution in [-0.4, -0.2) is 13.1 Å². The molecule has 0 aromatic heterocycles. The van der Waals surface area contributed by atoms with Crippen molar-refractivity contribution in [3.05, 3.63) is 28.2 Å². The lowest BCUT2D eigenvalue weighted by molar-refractivity contribution is 0.252. The van der Waals surface area contributed by atoms with Crippen LogP contribution in [0.4, 0.5) is 10.5 Å². The fourth-order valence-electron chi connectivity index (χ4n) is 0.899. The molecule has 0 aliphatic heterocycles. The van der Waals surface area contributed by atoms with Crippen LogP contribution in [0.25, 0.3) is 0 Å². The standard InChI is InChI=1S/C8H8Cl2N2OS/c1-11-8(13)12(14)7-5(9)3-2-4-6(7)10/h2-4,14H,1H3,(H,11,13). The van der Waals surface area contributed by atoms with Crippen molar-refractivity contribution in [2.45, 2.75) is 0 Å². The Morgan fingerprint density at radius 1 is 1.43 bits per heavy atom. The van der Waals surface area contributed by atoms with Crippen molar-refractivity contribution < 1.29 is 4.79 Å². The summed E-state index contributed by atoms with van der Waals surface area (Å²) in [5, 5.41) is 3.15. The van der Waals surface area contributed by atoms with Gasteiger partial charge in [-0.2, -0.15) is 0 Å². The number of nitrogens with one attached hydrogen (secondary N) is 1. The molecule has 1 N–H and O–H groups in total. The predicted molar refractivity (Wildman–Crippen MR) is 62.4 cm³/mol. The molecule has 6 heteroatoms. The van der Waals surface area contributed by atoms with Crippen molar-refractivity contribution in [1.29, 1.82) is 0 Å². The van der Waals surface area contributed by atoms with Gasteiger partial charge in [-0.1, -0.05) is 42.1 Å². The summed E-state index contributed by atoms with van der Waals surface area (Å²) in [5.74, 6) is 0. The average Bonchev–Trinajstić information content (AvgIpc) is 2.16. The van der Waals surface area contributed by atoms with Crippen molar-refractivity contribution >= 4 is 47.7 Å². The molecular weight excluding hydrogens is 243 g/mol. The highest BCUT2D eigenvalue weighted by molar-refractivity contribution is 7.82. The third kappa shape index (κ3) is 2.26. The van der Waals surface area contributed by atoms with Gasteiger partial charge in [0.2, 0.25) is 0 Å². The number of carbonyl (C=O) groups is 1. The quantitative estimate of drug-likeness (QED) is 0.739. The molecule has 0 saturated carbocycles. The summed E-state index contributed by atoms with van der Waals surface area (Å²) in [6, 6.07) is 4.56. The molecule has 0 radical (unpaired) electrons. The maximum atomic E-state index is 11.2. The van der Waals surface area contributed by atoms with Crippen LogP contribution in [-0.2, 0) is 0 Å². The van der Waals surface area contributed by atoms with Crippen LogP contribution in [0, 0.1) is 0 Å². The van der Waals surface area contributed by atoms with Crippen molar-refractivity contribution in [2.24, 2.45) is 0 Å². The first-order valence-corrected chi connectivity index (χ1v) is 4.88. The Bertz CT molecular complexity index is 339. The monoisotopic (exact) mass is 250 g/mol. The second kappa shape index (κ2) is 4.77. The summed E-state index contributed by atoms with van der Waals surface area (Å²) in [6.07, 6.45) is 0. The number of hydrogen-bond acceptors (Lipinski definition) is 2. The number of halogens is 2. The third-order valence-electron chi connectivity index (χ3n) is 1.56. The molecule has 0 aliphatic rings. The van der Waals surface area contributed by atoms with Gasteiger partial charge in [-0.15, -0.1) is 0 Å². The Kier molecular flexibility index (Phi) is 3.92. The van der Waals surface area contributed by atoms with E-state index in [1.807, 2.05) is 0 Å². The van der Waals surface area contributed by atoms with E-state index in [9.17, 15) is 4.79 Å². The first kappa shape index (κ1) is 11.5. The summed E-state index contributed by atoms with van der Waals surface area (Å²) in [5.41, 5.74) is 0.374. The molecule has 1 aromatic rings. The Hall–Kier alpha value is -0.580. The van der Waals surface area contributed by atoms with Crippen LogP contribution >= 0.6 is 36.0 Å². The third-order valence-corrected chi connectivity index (χ3v) is 2.55. The zero-order chi connectivity index (χ0) is 10.7. The van der Waals surface area contributed by atoms with E-state index in [1.165, 1.54) is 7.05 Å². The van der Waals surface area contributed by atoms with E-state index >= 15 is 0 Å². The summed E-state index contributed by atoms with van der Waals surface area (Å²) in [7, 11) is 1.50. The van der Waals surface area contributed by atoms with Gasteiger partial charge in [0.25, 0.3) is 0 Å². The van der Waals surface area contributed by atoms with Crippen LogP contribution in [0.15, 0.2) is 18.2 Å². The molecule has 3 nitrogen and oxygen atoms in total. The average molecular weight is 251 g/mol. The molecule has 0 saturated heterocycles. The van der Waals surface area contributed by atoms with Gasteiger partial charge in [-0.05, 0) is 12.1 Å². The van der Waals surface area contributed by atoms with Crippen molar-refractivity contribution in [1.82, 2.24) is 5.32 Å². The minimum atomic E-state index is -0.400. The first-order chi connectivity index (χ1) is 6.57. The molecule has 0 heterocycles. The smallest absolute Gasteiger partial charge is 0.331 e. The summed E-state index contributed by atoms with van der Waals surface area (Å²) >= 11 is 15.7. The van der Waals surface area contributed by atoms with Gasteiger partial charge in [0.1, 0.15) is 0 Å². The summed E-state index contributed by atoms with van der Waals surface area (Å²) in [6.45, 7) is 0. The number of thiol groups is 1. The summed E-state index contributed by atoms with van der Waals surface area (Å²) < 4.78 is 1.06. The maximum absolute atomic E-state index is 11.2. The van der Waals surface area contributed by atoms with E-state index in [4.69, 9.17) is 23.2 Å². The molecule has 0 aliphatic carbocycles. The van der Waals surface area contributed by atoms with Gasteiger partial charge < -0.3 is 5.32 Å². The van der Waals surface area contributed by atoms with Crippen LogP contribution in [0.2, 0.25) is 10.0 Å². The number of rotatable bonds is 1. The number of amides is 2. The van der Waals surface area contributed by atoms with E-state index < -0.39 is 6.03 Å². The fourth-order valence-corrected chi connectivity index (χ4v) is 1.90. The van der Waals surface area contributed by atoms with E-state index in [2.05, 4.69) is 18.1 Å². The maximum Gasteiger partial charge on any atom is 0.331 e. The number of benzene rings is 1. The van der Waals surface area contributed by atoms with Crippen LogP contribution in [0.3, 0.4) is 0 Å². The van der Waals surface area contributed by atoms with E-state index in [1.54, 1.807) is 18.2 Å². The molecule has 2 amide bonds. The highest BCUT2D eigenvalue weighted by Crippen LogP contribution is 2.34. The molecule has 0 bridgehead atoms. The van der Waals surface area contributed by atoms with E-state index in [0.717, 1.165) is 4.31 Å². The second-order valence-electron chi connectivity index (χ2n) is 2.44. The zero-order valence-electron chi connectivity index (χ0n) is 7.29. The molecule has 0 fully saturated rings. The predicted octanol–water partition coefficient (Wildman–Crippen LogP) is 2.98. The number of para-hydroxylation sites is 1. The Morgan fingerprint density at radius 2 is 1.93 bits per heavy atom. The molecule has 0 spiro atoms. The van der Waals surface area contributed by atoms with Crippen LogP contribution in [0.1, 0.15) is 0 Å². The lowest BCUT2D eigenvalue weighted by Crippen LogP contribution is -2.31. The van der Waals surface area contributed by atoms with Gasteiger partial charge >= 0.3 is 6.03 Å². The minimum absolute atomic E-state index is 0.371. The van der Waals surface area contributed by atoms with Gasteiger partial charge in [0.05, 0.1) is 15.7 Å². The number of nitrogens with zero attached hydrogens (tertiary/aromatic N) is 1. The number of carbonyl (C=O) groups excluding carboxylic acids is 1. The normalized spacial score (nSPS) is 9.71. The van der Waals surface area contributed by atoms with Gasteiger partial charge in [0.15, 0.2) is 0 Å². The van der Waals surface area contributed by atoms with Gasteiger partial charge in [-0.3, -0.25) is 0 Å². The molecule has 14 heavy (non-hydrogen) atoms. The molecule has 0 atom stereocenters. The van der Waals surface area contributed by atoms with Crippen LogP contribution < -0.4 is 9.62 Å². The second-order valence-corrected chi connectivity index (χ2v) is 3.65. The molecular formula is C8H8Cl2N2OS. The Balaban J connectivity index is 3.11. The zero-order valence-corrected chi connectivity index (χ0v) is 9.70. The highest BCUT2D eigenvalue weighted by atomic mass is 35.5. The Labute approximate surface area is 97.5 Å². The van der Waals surface area contributed by atoms with Crippen LogP contribution in [0.5, 0.6) is 0 Å². The van der Waals surface area contributed by atoms with Crippen molar-refractivity contribution in [3.63, 3.8) is 0 Å². The molecule has 1 aromatic carbocycles. The minimum Gasteiger partial charge on any atom is -0.340 e. The number of urea groups is 1. The largest absolute Gasteiger partial charge is 0.340 e. The lowest BCUT2D eigenvalue weighted by Gasteiger charge is -2.17. The number of hydrogen-bond donors (Lipinski definition) is 2. The Morgan fingerprint density at radius 3 is 2.36 bits per heavy atom. The molecule has 76 valence electrons. The SMILES string of the molecule is CNC(=O)N(S)c1c(Cl)cccc1Cl. The van der Waals surface area contributed by atoms with Gasteiger partial charge in [-0.25, -0.2) is 9.10 Å². The van der Waals surface area contributed by atoms with E-state index in [0.29, 0.717) is 15.7 Å². The topological polar surface area (TPSA) is 32.3 Å². The van der Waals surface area contributed by atoms with Crippen molar-refractivity contribution in [2.75, 3.05) is 11.4 Å². The molecule has 1 rings (SSSR count). The molecule has 0 unspecified atom stereocenters. The first-order valence-electron chi connectivity index (χ1n) is 3.72. The summed E-state index contributed by atoms with van der Waals surface area (Å²) in [4.78, 5) is 11.2. The van der Waals surface area contributed by atoms with E-state index in [-0.39, 0.29) is 0 Å². The van der Waals surface area contributed by atoms with Gasteiger partial charge in [0, 0.05) is 7.05 Å². The fraction of sp³-hybridized carbons (Fsp3) is 0.125. The lowest BCUT2D eigenvalue weighted by atomic mass is 10.3.